The molecule has 2 aromatic rings. The second-order valence-corrected chi connectivity index (χ2v) is 12.4. The number of unbranched alkanes of at least 4 members (excludes halogenated alkanes) is 3. The predicted molar refractivity (Wildman–Crippen MR) is 157 cm³/mol. The standard InChI is InChI=1S/C32H40F3N3O6/c1-6-7-8-9-10-15-23(37-29(41)44-30(2,3)4)27(39)38-19-31(18-24(38)28(40)42-5)17-16-21-20-13-11-12-14-22(20)36-26(25(21)43-31)32(33,34)35/h6,11-14,23-24H,1,7-10,15-19H2,2-5H3,(H,37,41)/t23-,24-,31-/m0/s1. The highest BCUT2D eigenvalue weighted by atomic mass is 19.4. The topological polar surface area (TPSA) is 107 Å². The van der Waals surface area contributed by atoms with Gasteiger partial charge in [-0.3, -0.25) is 4.79 Å². The number of allylic oxidation sites excluding steroid dienone is 1. The van der Waals surface area contributed by atoms with Crippen molar-refractivity contribution in [3.63, 3.8) is 0 Å². The summed E-state index contributed by atoms with van der Waals surface area (Å²) in [7, 11) is 1.18. The van der Waals surface area contributed by atoms with Crippen LogP contribution in [0, 0.1) is 0 Å². The number of aryl methyl sites for hydroxylation is 1. The Balaban J connectivity index is 1.66. The van der Waals surface area contributed by atoms with Crippen LogP contribution in [0.4, 0.5) is 18.0 Å². The Morgan fingerprint density at radius 1 is 1.20 bits per heavy atom. The molecule has 0 aliphatic carbocycles. The Morgan fingerprint density at radius 3 is 2.59 bits per heavy atom. The smallest absolute Gasteiger partial charge is 0.437 e. The van der Waals surface area contributed by atoms with Crippen molar-refractivity contribution in [2.75, 3.05) is 13.7 Å². The Labute approximate surface area is 255 Å². The molecule has 44 heavy (non-hydrogen) atoms. The van der Waals surface area contributed by atoms with E-state index in [1.807, 2.05) is 0 Å². The number of nitrogens with zero attached hydrogens (tertiary/aromatic N) is 2. The monoisotopic (exact) mass is 619 g/mol. The van der Waals surface area contributed by atoms with Gasteiger partial charge in [-0.15, -0.1) is 6.58 Å². The lowest BCUT2D eigenvalue weighted by molar-refractivity contribution is -0.151. The van der Waals surface area contributed by atoms with Crippen molar-refractivity contribution >= 4 is 28.9 Å². The maximum absolute atomic E-state index is 14.2. The van der Waals surface area contributed by atoms with Crippen LogP contribution in [0.25, 0.3) is 10.9 Å². The van der Waals surface area contributed by atoms with Gasteiger partial charge in [-0.2, -0.15) is 13.2 Å². The van der Waals surface area contributed by atoms with Crippen LogP contribution in [0.3, 0.4) is 0 Å². The van der Waals surface area contributed by atoms with E-state index in [-0.39, 0.29) is 43.5 Å². The van der Waals surface area contributed by atoms with Gasteiger partial charge in [-0.25, -0.2) is 14.6 Å². The fourth-order valence-electron chi connectivity index (χ4n) is 5.94. The van der Waals surface area contributed by atoms with Crippen LogP contribution in [0.5, 0.6) is 5.75 Å². The fraction of sp³-hybridized carbons (Fsp3) is 0.562. The Morgan fingerprint density at radius 2 is 1.93 bits per heavy atom. The third-order valence-electron chi connectivity index (χ3n) is 7.91. The molecule has 1 N–H and O–H groups in total. The number of alkyl carbamates (subject to hydrolysis) is 1. The number of aromatic nitrogens is 1. The fourth-order valence-corrected chi connectivity index (χ4v) is 5.94. The molecule has 4 rings (SSSR count). The molecule has 0 saturated carbocycles. The van der Waals surface area contributed by atoms with Crippen molar-refractivity contribution in [3.8, 4) is 5.75 Å². The summed E-state index contributed by atoms with van der Waals surface area (Å²) in [5.74, 6) is -1.67. The van der Waals surface area contributed by atoms with Crippen molar-refractivity contribution in [2.45, 2.75) is 102 Å². The van der Waals surface area contributed by atoms with Crippen LogP contribution >= 0.6 is 0 Å². The number of esters is 1. The number of carbonyl (C=O) groups is 3. The number of pyridine rings is 1. The number of rotatable bonds is 9. The van der Waals surface area contributed by atoms with E-state index in [1.54, 1.807) is 45.0 Å². The largest absolute Gasteiger partial charge is 0.483 e. The van der Waals surface area contributed by atoms with E-state index in [9.17, 15) is 27.6 Å². The normalized spacial score (nSPS) is 20.5. The van der Waals surface area contributed by atoms with Crippen LogP contribution in [0.1, 0.15) is 77.0 Å². The molecular formula is C32H40F3N3O6. The molecule has 2 amide bonds. The van der Waals surface area contributed by atoms with Gasteiger partial charge in [-0.1, -0.05) is 37.1 Å². The van der Waals surface area contributed by atoms with Crippen molar-refractivity contribution < 1.29 is 41.8 Å². The van der Waals surface area contributed by atoms with Gasteiger partial charge in [0.05, 0.1) is 19.2 Å². The lowest BCUT2D eigenvalue weighted by atomic mass is 9.87. The molecule has 0 radical (unpaired) electrons. The van der Waals surface area contributed by atoms with Gasteiger partial charge < -0.3 is 24.4 Å². The molecule has 1 spiro atoms. The summed E-state index contributed by atoms with van der Waals surface area (Å²) >= 11 is 0. The van der Waals surface area contributed by atoms with E-state index < -0.39 is 53.1 Å². The van der Waals surface area contributed by atoms with Crippen LogP contribution in [0.2, 0.25) is 0 Å². The number of benzene rings is 1. The zero-order valence-corrected chi connectivity index (χ0v) is 25.6. The van der Waals surface area contributed by atoms with Crippen molar-refractivity contribution in [2.24, 2.45) is 0 Å². The number of para-hydroxylation sites is 1. The third-order valence-corrected chi connectivity index (χ3v) is 7.91. The minimum atomic E-state index is -4.80. The first-order valence-corrected chi connectivity index (χ1v) is 14.8. The lowest BCUT2D eigenvalue weighted by Gasteiger charge is -2.37. The summed E-state index contributed by atoms with van der Waals surface area (Å²) in [5, 5.41) is 3.21. The number of halogens is 3. The van der Waals surface area contributed by atoms with Crippen molar-refractivity contribution in [1.82, 2.24) is 15.2 Å². The third kappa shape index (κ3) is 7.44. The van der Waals surface area contributed by atoms with Gasteiger partial charge in [0, 0.05) is 17.4 Å². The summed E-state index contributed by atoms with van der Waals surface area (Å²) in [6.45, 7) is 8.63. The van der Waals surface area contributed by atoms with Crippen molar-refractivity contribution in [1.29, 1.82) is 0 Å². The first-order valence-electron chi connectivity index (χ1n) is 14.8. The molecule has 240 valence electrons. The van der Waals surface area contributed by atoms with Gasteiger partial charge in [0.2, 0.25) is 5.91 Å². The number of alkyl halides is 3. The second kappa shape index (κ2) is 13.0. The summed E-state index contributed by atoms with van der Waals surface area (Å²) in [6, 6.07) is 4.40. The minimum Gasteiger partial charge on any atom is -0.483 e. The molecule has 12 heteroatoms. The second-order valence-electron chi connectivity index (χ2n) is 12.4. The first-order chi connectivity index (χ1) is 20.7. The van der Waals surface area contributed by atoms with E-state index in [0.717, 1.165) is 19.3 Å². The number of hydrogen-bond donors (Lipinski definition) is 1. The SMILES string of the molecule is C=CCCCCC[C@H](NC(=O)OC(C)(C)C)C(=O)N1C[C@]2(CCc3c(c(C(F)(F)F)nc4ccccc34)O2)C[C@H]1C(=O)OC. The molecule has 0 unspecified atom stereocenters. The summed E-state index contributed by atoms with van der Waals surface area (Å²) < 4.78 is 59.3. The van der Waals surface area contributed by atoms with E-state index >= 15 is 0 Å². The molecule has 2 aliphatic rings. The minimum absolute atomic E-state index is 0.0759. The molecular weight excluding hydrogens is 579 g/mol. The molecule has 0 bridgehead atoms. The summed E-state index contributed by atoms with van der Waals surface area (Å²) in [5.41, 5.74) is -2.67. The van der Waals surface area contributed by atoms with Gasteiger partial charge in [0.1, 0.15) is 23.3 Å². The zero-order valence-electron chi connectivity index (χ0n) is 25.6. The molecule has 9 nitrogen and oxygen atoms in total. The first kappa shape index (κ1) is 33.1. The number of nitrogens with one attached hydrogen (secondary N) is 1. The quantitative estimate of drug-likeness (QED) is 0.205. The summed E-state index contributed by atoms with van der Waals surface area (Å²) in [4.78, 5) is 44.9. The summed E-state index contributed by atoms with van der Waals surface area (Å²) in [6.07, 6.45) is -0.0796. The zero-order chi connectivity index (χ0) is 32.3. The number of hydrogen-bond acceptors (Lipinski definition) is 7. The van der Waals surface area contributed by atoms with Gasteiger partial charge in [-0.05, 0) is 58.9 Å². The Hall–Kier alpha value is -3.83. The van der Waals surface area contributed by atoms with Crippen LogP contribution in [-0.2, 0) is 31.7 Å². The van der Waals surface area contributed by atoms with Crippen molar-refractivity contribution in [3.05, 3.63) is 48.2 Å². The molecule has 1 aromatic heterocycles. The highest BCUT2D eigenvalue weighted by Crippen LogP contribution is 2.48. The van der Waals surface area contributed by atoms with Gasteiger partial charge in [0.15, 0.2) is 11.4 Å². The maximum atomic E-state index is 14.2. The average Bonchev–Trinajstić information content (AvgIpc) is 3.32. The number of methoxy groups -OCH3 is 1. The molecule has 1 saturated heterocycles. The van der Waals surface area contributed by atoms with Gasteiger partial charge >= 0.3 is 18.2 Å². The number of ether oxygens (including phenoxy) is 3. The Bertz CT molecular complexity index is 1410. The number of carbonyl (C=O) groups excluding carboxylic acids is 3. The highest BCUT2D eigenvalue weighted by Gasteiger charge is 2.54. The predicted octanol–water partition coefficient (Wildman–Crippen LogP) is 6.12. The number of amides is 2. The lowest BCUT2D eigenvalue weighted by Crippen LogP contribution is -2.53. The number of likely N-dealkylation sites (tertiary alicyclic amines) is 1. The molecule has 2 aliphatic heterocycles. The van der Waals surface area contributed by atoms with Crippen LogP contribution < -0.4 is 10.1 Å². The average molecular weight is 620 g/mol. The molecule has 1 aromatic carbocycles. The molecule has 3 heterocycles. The highest BCUT2D eigenvalue weighted by molar-refractivity contribution is 5.91. The van der Waals surface area contributed by atoms with E-state index in [1.165, 1.54) is 18.1 Å². The molecule has 1 fully saturated rings. The number of fused-ring (bicyclic) bond motifs is 3. The maximum Gasteiger partial charge on any atom is 0.437 e. The van der Waals surface area contributed by atoms with Crippen LogP contribution in [0.15, 0.2) is 36.9 Å². The van der Waals surface area contributed by atoms with Gasteiger partial charge in [0.25, 0.3) is 0 Å². The van der Waals surface area contributed by atoms with Crippen LogP contribution in [-0.4, -0.2) is 64.8 Å². The van der Waals surface area contributed by atoms with E-state index in [4.69, 9.17) is 14.2 Å². The van der Waals surface area contributed by atoms with E-state index in [2.05, 4.69) is 16.9 Å². The van der Waals surface area contributed by atoms with E-state index in [0.29, 0.717) is 17.4 Å². The molecule has 3 atom stereocenters. The Kier molecular flexibility index (Phi) is 9.80.